The molecule has 24 heavy (non-hydrogen) atoms. The molecule has 0 aliphatic carbocycles. The van der Waals surface area contributed by atoms with Gasteiger partial charge in [-0.05, 0) is 19.1 Å². The van der Waals surface area contributed by atoms with E-state index in [0.29, 0.717) is 24.5 Å². The summed E-state index contributed by atoms with van der Waals surface area (Å²) in [6.07, 6.45) is 1.71. The molecule has 0 bridgehead atoms. The molecule has 0 atom stereocenters. The van der Waals surface area contributed by atoms with E-state index in [1.54, 1.807) is 6.20 Å². The summed E-state index contributed by atoms with van der Waals surface area (Å²) in [6.45, 7) is 5.70. The highest BCUT2D eigenvalue weighted by Crippen LogP contribution is 2.18. The molecule has 3 heterocycles. The first-order valence-electron chi connectivity index (χ1n) is 8.11. The number of aryl methyl sites for hydroxylation is 1. The van der Waals surface area contributed by atoms with Gasteiger partial charge in [0.1, 0.15) is 5.82 Å². The zero-order chi connectivity index (χ0) is 17.1. The normalized spacial score (nSPS) is 15.5. The van der Waals surface area contributed by atoms with Crippen LogP contribution in [0.2, 0.25) is 0 Å². The number of aromatic nitrogens is 2. The van der Waals surface area contributed by atoms with Crippen LogP contribution in [-0.4, -0.2) is 66.1 Å². The molecule has 3 rings (SSSR count). The minimum atomic E-state index is 0.0435. The lowest BCUT2D eigenvalue weighted by Gasteiger charge is -2.34. The molecule has 0 aromatic carbocycles. The predicted molar refractivity (Wildman–Crippen MR) is 91.0 cm³/mol. The van der Waals surface area contributed by atoms with Gasteiger partial charge in [0.05, 0.1) is 17.8 Å². The van der Waals surface area contributed by atoms with Gasteiger partial charge in [-0.1, -0.05) is 5.16 Å². The van der Waals surface area contributed by atoms with Crippen LogP contribution in [0.15, 0.2) is 28.9 Å². The van der Waals surface area contributed by atoms with Gasteiger partial charge in [0.25, 0.3) is 5.91 Å². The molecule has 0 N–H and O–H groups in total. The first-order chi connectivity index (χ1) is 11.5. The maximum atomic E-state index is 12.8. The Labute approximate surface area is 141 Å². The molecule has 0 spiro atoms. The van der Waals surface area contributed by atoms with Crippen LogP contribution < -0.4 is 4.90 Å². The predicted octanol–water partition coefficient (Wildman–Crippen LogP) is 1.40. The molecule has 7 nitrogen and oxygen atoms in total. The second-order valence-corrected chi connectivity index (χ2v) is 6.27. The van der Waals surface area contributed by atoms with Gasteiger partial charge in [-0.2, -0.15) is 0 Å². The largest absolute Gasteiger partial charge is 0.362 e. The summed E-state index contributed by atoms with van der Waals surface area (Å²) in [5, 5.41) is 3.91. The fourth-order valence-electron chi connectivity index (χ4n) is 2.91. The fraction of sp³-hybridized carbons (Fsp3) is 0.471. The van der Waals surface area contributed by atoms with Crippen LogP contribution in [0, 0.1) is 6.92 Å². The van der Waals surface area contributed by atoms with E-state index in [1.165, 1.54) is 0 Å². The summed E-state index contributed by atoms with van der Waals surface area (Å²) >= 11 is 0. The van der Waals surface area contributed by atoms with Crippen molar-refractivity contribution in [2.24, 2.45) is 0 Å². The average molecular weight is 329 g/mol. The van der Waals surface area contributed by atoms with E-state index >= 15 is 0 Å². The maximum Gasteiger partial charge on any atom is 0.257 e. The van der Waals surface area contributed by atoms with E-state index in [0.717, 1.165) is 31.1 Å². The Morgan fingerprint density at radius 3 is 2.67 bits per heavy atom. The van der Waals surface area contributed by atoms with E-state index in [4.69, 9.17) is 4.52 Å². The zero-order valence-electron chi connectivity index (χ0n) is 14.4. The van der Waals surface area contributed by atoms with E-state index in [1.807, 2.05) is 49.0 Å². The summed E-state index contributed by atoms with van der Waals surface area (Å²) in [5.74, 6) is 1.62. The van der Waals surface area contributed by atoms with Crippen molar-refractivity contribution in [3.8, 4) is 0 Å². The van der Waals surface area contributed by atoms with E-state index in [2.05, 4.69) is 15.0 Å². The number of pyridine rings is 1. The minimum absolute atomic E-state index is 0.0435. The molecule has 1 aliphatic heterocycles. The Bertz CT molecular complexity index is 705. The second-order valence-electron chi connectivity index (χ2n) is 6.27. The third-order valence-electron chi connectivity index (χ3n) is 4.16. The van der Waals surface area contributed by atoms with Gasteiger partial charge < -0.3 is 14.3 Å². The number of carbonyl (C=O) groups excluding carboxylic acids is 1. The summed E-state index contributed by atoms with van der Waals surface area (Å²) in [5.41, 5.74) is 1.55. The van der Waals surface area contributed by atoms with Crippen LogP contribution >= 0.6 is 0 Å². The van der Waals surface area contributed by atoms with Crippen LogP contribution in [0.25, 0.3) is 0 Å². The van der Waals surface area contributed by atoms with Crippen molar-refractivity contribution in [3.05, 3.63) is 41.4 Å². The van der Waals surface area contributed by atoms with Crippen molar-refractivity contribution in [1.82, 2.24) is 19.9 Å². The minimum Gasteiger partial charge on any atom is -0.362 e. The molecular formula is C17H23N5O2. The number of hydrogen-bond acceptors (Lipinski definition) is 6. The first kappa shape index (κ1) is 16.4. The van der Waals surface area contributed by atoms with E-state index in [9.17, 15) is 4.79 Å². The molecule has 1 amide bonds. The Hall–Kier alpha value is -2.41. The van der Waals surface area contributed by atoms with Gasteiger partial charge in [0, 0.05) is 52.5 Å². The molecule has 0 radical (unpaired) electrons. The van der Waals surface area contributed by atoms with Crippen LogP contribution in [0.3, 0.4) is 0 Å². The Morgan fingerprint density at radius 1 is 1.29 bits per heavy atom. The smallest absolute Gasteiger partial charge is 0.257 e. The number of hydrogen-bond donors (Lipinski definition) is 0. The van der Waals surface area contributed by atoms with Crippen molar-refractivity contribution in [1.29, 1.82) is 0 Å². The van der Waals surface area contributed by atoms with Gasteiger partial charge in [0.15, 0.2) is 5.76 Å². The SMILES string of the molecule is Cc1cc(CN2CCN(C(=O)c3cccnc3N(C)C)CC2)on1. The van der Waals surface area contributed by atoms with Crippen LogP contribution in [0.4, 0.5) is 5.82 Å². The molecule has 1 aliphatic rings. The highest BCUT2D eigenvalue weighted by atomic mass is 16.5. The highest BCUT2D eigenvalue weighted by molar-refractivity contribution is 5.98. The molecule has 7 heteroatoms. The summed E-state index contributed by atoms with van der Waals surface area (Å²) < 4.78 is 5.27. The molecule has 128 valence electrons. The summed E-state index contributed by atoms with van der Waals surface area (Å²) in [4.78, 5) is 23.2. The molecular weight excluding hydrogens is 306 g/mol. The molecule has 1 saturated heterocycles. The number of piperazine rings is 1. The molecule has 2 aromatic heterocycles. The Balaban J connectivity index is 1.61. The van der Waals surface area contributed by atoms with Crippen molar-refractivity contribution in [2.45, 2.75) is 13.5 Å². The standard InChI is InChI=1S/C17H23N5O2/c1-13-11-14(24-19-13)12-21-7-9-22(10-8-21)17(23)15-5-4-6-18-16(15)20(2)3/h4-6,11H,7-10,12H2,1-3H3. The van der Waals surface area contributed by atoms with E-state index in [-0.39, 0.29) is 5.91 Å². The highest BCUT2D eigenvalue weighted by Gasteiger charge is 2.25. The monoisotopic (exact) mass is 329 g/mol. The number of nitrogens with zero attached hydrogens (tertiary/aromatic N) is 5. The van der Waals surface area contributed by atoms with Crippen LogP contribution in [0.1, 0.15) is 21.8 Å². The molecule has 2 aromatic rings. The van der Waals surface area contributed by atoms with Gasteiger partial charge in [0.2, 0.25) is 0 Å². The number of carbonyl (C=O) groups is 1. The van der Waals surface area contributed by atoms with Crippen molar-refractivity contribution >= 4 is 11.7 Å². The zero-order valence-corrected chi connectivity index (χ0v) is 14.4. The first-order valence-corrected chi connectivity index (χ1v) is 8.11. The van der Waals surface area contributed by atoms with Gasteiger partial charge >= 0.3 is 0 Å². The van der Waals surface area contributed by atoms with Crippen molar-refractivity contribution in [2.75, 3.05) is 45.2 Å². The van der Waals surface area contributed by atoms with Gasteiger partial charge in [-0.3, -0.25) is 9.69 Å². The lowest BCUT2D eigenvalue weighted by atomic mass is 10.2. The van der Waals surface area contributed by atoms with E-state index < -0.39 is 0 Å². The number of rotatable bonds is 4. The number of anilines is 1. The summed E-state index contributed by atoms with van der Waals surface area (Å²) in [6, 6.07) is 5.60. The van der Waals surface area contributed by atoms with Crippen molar-refractivity contribution in [3.63, 3.8) is 0 Å². The van der Waals surface area contributed by atoms with Crippen molar-refractivity contribution < 1.29 is 9.32 Å². The molecule has 0 unspecified atom stereocenters. The van der Waals surface area contributed by atoms with Gasteiger partial charge in [-0.15, -0.1) is 0 Å². The van der Waals surface area contributed by atoms with Crippen LogP contribution in [-0.2, 0) is 6.54 Å². The lowest BCUT2D eigenvalue weighted by molar-refractivity contribution is 0.0617. The average Bonchev–Trinajstić information content (AvgIpc) is 3.00. The second kappa shape index (κ2) is 7.00. The van der Waals surface area contributed by atoms with Gasteiger partial charge in [-0.25, -0.2) is 4.98 Å². The molecule has 0 saturated carbocycles. The fourth-order valence-corrected chi connectivity index (χ4v) is 2.91. The molecule has 1 fully saturated rings. The number of amides is 1. The Kier molecular flexibility index (Phi) is 4.80. The Morgan fingerprint density at radius 2 is 2.04 bits per heavy atom. The third-order valence-corrected chi connectivity index (χ3v) is 4.16. The topological polar surface area (TPSA) is 65.7 Å². The maximum absolute atomic E-state index is 12.8. The third kappa shape index (κ3) is 3.56. The summed E-state index contributed by atoms with van der Waals surface area (Å²) in [7, 11) is 3.80. The quantitative estimate of drug-likeness (QED) is 0.845. The lowest BCUT2D eigenvalue weighted by Crippen LogP contribution is -2.48. The van der Waals surface area contributed by atoms with Crippen LogP contribution in [0.5, 0.6) is 0 Å².